The first kappa shape index (κ1) is 13.6. The van der Waals surface area contributed by atoms with E-state index in [-0.39, 0.29) is 6.42 Å². The Hall–Kier alpha value is -1.51. The number of rotatable bonds is 7. The summed E-state index contributed by atoms with van der Waals surface area (Å²) in [6.07, 6.45) is 3.03. The van der Waals surface area contributed by atoms with E-state index in [4.69, 9.17) is 5.11 Å². The van der Waals surface area contributed by atoms with E-state index in [1.165, 1.54) is 16.8 Å². The van der Waals surface area contributed by atoms with Gasteiger partial charge >= 0.3 is 5.97 Å². The second kappa shape index (κ2) is 6.94. The molecule has 0 heterocycles. The van der Waals surface area contributed by atoms with Gasteiger partial charge in [-0.3, -0.25) is 4.79 Å². The number of carboxylic acid groups (broad SMARTS) is 1. The SMILES string of the molecule is Cc1cccc(C)c1NCCCCCC(=O)O. The molecule has 0 atom stereocenters. The third-order valence-corrected chi connectivity index (χ3v) is 2.85. The van der Waals surface area contributed by atoms with Crippen LogP contribution in [0.1, 0.15) is 36.8 Å². The number of aliphatic carboxylic acids is 1. The Bertz CT molecular complexity index is 354. The summed E-state index contributed by atoms with van der Waals surface area (Å²) in [7, 11) is 0. The van der Waals surface area contributed by atoms with Gasteiger partial charge < -0.3 is 10.4 Å². The van der Waals surface area contributed by atoms with Crippen molar-refractivity contribution in [2.75, 3.05) is 11.9 Å². The highest BCUT2D eigenvalue weighted by molar-refractivity contribution is 5.66. The molecule has 0 spiro atoms. The fourth-order valence-electron chi connectivity index (χ4n) is 1.88. The molecule has 0 saturated heterocycles. The first-order valence-electron chi connectivity index (χ1n) is 6.13. The molecule has 94 valence electrons. The van der Waals surface area contributed by atoms with Crippen molar-refractivity contribution in [3.05, 3.63) is 29.3 Å². The van der Waals surface area contributed by atoms with E-state index in [1.807, 2.05) is 0 Å². The van der Waals surface area contributed by atoms with Crippen molar-refractivity contribution in [2.45, 2.75) is 39.5 Å². The Balaban J connectivity index is 2.24. The highest BCUT2D eigenvalue weighted by Crippen LogP contribution is 2.19. The highest BCUT2D eigenvalue weighted by atomic mass is 16.4. The predicted octanol–water partition coefficient (Wildman–Crippen LogP) is 3.36. The van der Waals surface area contributed by atoms with Crippen molar-refractivity contribution >= 4 is 11.7 Å². The van der Waals surface area contributed by atoms with Gasteiger partial charge in [-0.05, 0) is 37.8 Å². The van der Waals surface area contributed by atoms with E-state index in [1.54, 1.807) is 0 Å². The van der Waals surface area contributed by atoms with Crippen LogP contribution >= 0.6 is 0 Å². The number of anilines is 1. The van der Waals surface area contributed by atoms with Crippen LogP contribution in [0.3, 0.4) is 0 Å². The van der Waals surface area contributed by atoms with E-state index < -0.39 is 5.97 Å². The quantitative estimate of drug-likeness (QED) is 0.712. The number of hydrogen-bond donors (Lipinski definition) is 2. The molecule has 0 unspecified atom stereocenters. The maximum Gasteiger partial charge on any atom is 0.303 e. The lowest BCUT2D eigenvalue weighted by Gasteiger charge is -2.12. The van der Waals surface area contributed by atoms with Crippen LogP contribution in [-0.4, -0.2) is 17.6 Å². The van der Waals surface area contributed by atoms with Crippen molar-refractivity contribution < 1.29 is 9.90 Å². The van der Waals surface area contributed by atoms with Crippen molar-refractivity contribution in [3.63, 3.8) is 0 Å². The minimum Gasteiger partial charge on any atom is -0.481 e. The summed E-state index contributed by atoms with van der Waals surface area (Å²) in [5.74, 6) is -0.701. The van der Waals surface area contributed by atoms with Crippen LogP contribution in [0, 0.1) is 13.8 Å². The number of nitrogens with one attached hydrogen (secondary N) is 1. The normalized spacial score (nSPS) is 10.2. The molecule has 2 N–H and O–H groups in total. The molecule has 0 radical (unpaired) electrons. The maximum atomic E-state index is 10.3. The molecule has 1 rings (SSSR count). The van der Waals surface area contributed by atoms with Gasteiger partial charge in [0.1, 0.15) is 0 Å². The lowest BCUT2D eigenvalue weighted by molar-refractivity contribution is -0.137. The van der Waals surface area contributed by atoms with Gasteiger partial charge in [-0.2, -0.15) is 0 Å². The van der Waals surface area contributed by atoms with E-state index in [2.05, 4.69) is 37.4 Å². The minimum atomic E-state index is -0.701. The van der Waals surface area contributed by atoms with Gasteiger partial charge in [0.05, 0.1) is 0 Å². The molecule has 0 saturated carbocycles. The van der Waals surface area contributed by atoms with Crippen LogP contribution in [-0.2, 0) is 4.79 Å². The van der Waals surface area contributed by atoms with E-state index in [0.717, 1.165) is 25.8 Å². The molecular weight excluding hydrogens is 214 g/mol. The molecule has 3 nitrogen and oxygen atoms in total. The summed E-state index contributed by atoms with van der Waals surface area (Å²) in [6.45, 7) is 5.10. The highest BCUT2D eigenvalue weighted by Gasteiger charge is 2.01. The zero-order chi connectivity index (χ0) is 12.7. The van der Waals surface area contributed by atoms with Gasteiger partial charge in [-0.15, -0.1) is 0 Å². The molecule has 0 aliphatic heterocycles. The number of aryl methyl sites for hydroxylation is 2. The summed E-state index contributed by atoms with van der Waals surface area (Å²) < 4.78 is 0. The van der Waals surface area contributed by atoms with Gasteiger partial charge in [-0.25, -0.2) is 0 Å². The lowest BCUT2D eigenvalue weighted by Crippen LogP contribution is -2.05. The summed E-state index contributed by atoms with van der Waals surface area (Å²) in [6, 6.07) is 6.25. The first-order valence-corrected chi connectivity index (χ1v) is 6.13. The van der Waals surface area contributed by atoms with Gasteiger partial charge in [0.2, 0.25) is 0 Å². The molecule has 3 heteroatoms. The number of para-hydroxylation sites is 1. The molecular formula is C14H21NO2. The van der Waals surface area contributed by atoms with Crippen molar-refractivity contribution in [1.82, 2.24) is 0 Å². The molecule has 0 aliphatic rings. The molecule has 1 aromatic rings. The Morgan fingerprint density at radius 3 is 2.41 bits per heavy atom. The summed E-state index contributed by atoms with van der Waals surface area (Å²) in [5.41, 5.74) is 3.73. The Labute approximate surface area is 103 Å². The number of hydrogen-bond acceptors (Lipinski definition) is 2. The van der Waals surface area contributed by atoms with Crippen LogP contribution in [0.2, 0.25) is 0 Å². The summed E-state index contributed by atoms with van der Waals surface area (Å²) in [4.78, 5) is 10.3. The first-order chi connectivity index (χ1) is 8.11. The predicted molar refractivity (Wildman–Crippen MR) is 70.5 cm³/mol. The van der Waals surface area contributed by atoms with Crippen LogP contribution in [0.5, 0.6) is 0 Å². The van der Waals surface area contributed by atoms with Crippen molar-refractivity contribution in [3.8, 4) is 0 Å². The zero-order valence-corrected chi connectivity index (χ0v) is 10.6. The van der Waals surface area contributed by atoms with Gasteiger partial charge in [0, 0.05) is 18.7 Å². The Kier molecular flexibility index (Phi) is 5.53. The molecule has 0 aliphatic carbocycles. The lowest BCUT2D eigenvalue weighted by atomic mass is 10.1. The summed E-state index contributed by atoms with van der Waals surface area (Å²) >= 11 is 0. The Morgan fingerprint density at radius 2 is 1.82 bits per heavy atom. The minimum absolute atomic E-state index is 0.281. The second-order valence-electron chi connectivity index (χ2n) is 4.40. The molecule has 1 aromatic carbocycles. The number of carbonyl (C=O) groups is 1. The van der Waals surface area contributed by atoms with Gasteiger partial charge in [-0.1, -0.05) is 24.6 Å². The van der Waals surface area contributed by atoms with Crippen LogP contribution in [0.4, 0.5) is 5.69 Å². The van der Waals surface area contributed by atoms with Crippen molar-refractivity contribution in [2.24, 2.45) is 0 Å². The van der Waals surface area contributed by atoms with E-state index in [0.29, 0.717) is 0 Å². The average molecular weight is 235 g/mol. The average Bonchev–Trinajstić information content (AvgIpc) is 2.26. The van der Waals surface area contributed by atoms with Crippen molar-refractivity contribution in [1.29, 1.82) is 0 Å². The molecule has 0 amide bonds. The number of unbranched alkanes of at least 4 members (excludes halogenated alkanes) is 2. The van der Waals surface area contributed by atoms with Crippen LogP contribution in [0.25, 0.3) is 0 Å². The second-order valence-corrected chi connectivity index (χ2v) is 4.40. The fraction of sp³-hybridized carbons (Fsp3) is 0.500. The third-order valence-electron chi connectivity index (χ3n) is 2.85. The maximum absolute atomic E-state index is 10.3. The van der Waals surface area contributed by atoms with E-state index in [9.17, 15) is 4.79 Å². The molecule has 0 fully saturated rings. The van der Waals surface area contributed by atoms with Crippen LogP contribution < -0.4 is 5.32 Å². The zero-order valence-electron chi connectivity index (χ0n) is 10.6. The topological polar surface area (TPSA) is 49.3 Å². The number of carboxylic acids is 1. The Morgan fingerprint density at radius 1 is 1.18 bits per heavy atom. The standard InChI is InChI=1S/C14H21NO2/c1-11-7-6-8-12(2)14(11)15-10-5-3-4-9-13(16)17/h6-8,15H,3-5,9-10H2,1-2H3,(H,16,17). The van der Waals surface area contributed by atoms with Gasteiger partial charge in [0.25, 0.3) is 0 Å². The smallest absolute Gasteiger partial charge is 0.303 e. The third kappa shape index (κ3) is 4.89. The fourth-order valence-corrected chi connectivity index (χ4v) is 1.88. The largest absolute Gasteiger partial charge is 0.481 e. The van der Waals surface area contributed by atoms with E-state index >= 15 is 0 Å². The number of benzene rings is 1. The molecule has 17 heavy (non-hydrogen) atoms. The molecule has 0 aromatic heterocycles. The van der Waals surface area contributed by atoms with Gasteiger partial charge in [0.15, 0.2) is 0 Å². The van der Waals surface area contributed by atoms with Crippen LogP contribution in [0.15, 0.2) is 18.2 Å². The summed E-state index contributed by atoms with van der Waals surface area (Å²) in [5, 5.41) is 11.9. The monoisotopic (exact) mass is 235 g/mol. The molecule has 0 bridgehead atoms.